The van der Waals surface area contributed by atoms with E-state index < -0.39 is 0 Å². The van der Waals surface area contributed by atoms with Crippen molar-refractivity contribution in [2.45, 2.75) is 0 Å². The fourth-order valence-corrected chi connectivity index (χ4v) is 0.396. The first-order valence-corrected chi connectivity index (χ1v) is 4.30. The van der Waals surface area contributed by atoms with Gasteiger partial charge in [0.1, 0.15) is 19.8 Å². The quantitative estimate of drug-likeness (QED) is 0.221. The molecule has 18 heavy (non-hydrogen) atoms. The van der Waals surface area contributed by atoms with E-state index in [0.29, 0.717) is 6.61 Å². The molecule has 0 fully saturated rings. The molecule has 2 N–H and O–H groups in total. The molecule has 0 amide bonds. The van der Waals surface area contributed by atoms with Crippen LogP contribution in [0.1, 0.15) is 0 Å². The van der Waals surface area contributed by atoms with Gasteiger partial charge in [-0.1, -0.05) is 0 Å². The van der Waals surface area contributed by atoms with E-state index >= 15 is 0 Å². The summed E-state index contributed by atoms with van der Waals surface area (Å²) in [6.07, 6.45) is 0. The molecular formula is C5H13NO12. The van der Waals surface area contributed by atoms with Crippen LogP contribution in [0.5, 0.6) is 0 Å². The minimum Gasteiger partial charge on any atom is -0.382 e. The summed E-state index contributed by atoms with van der Waals surface area (Å²) in [6, 6.07) is 0. The van der Waals surface area contributed by atoms with E-state index in [1.165, 1.54) is 7.11 Å². The van der Waals surface area contributed by atoms with Crippen molar-refractivity contribution in [1.29, 1.82) is 0 Å². The summed E-state index contributed by atoms with van der Waals surface area (Å²) in [7, 11) is 1.49. The van der Waals surface area contributed by atoms with Crippen LogP contribution >= 0.6 is 0 Å². The predicted octanol–water partition coefficient (Wildman–Crippen LogP) is -1.08. The highest BCUT2D eigenvalue weighted by Gasteiger charge is 1.96. The molecule has 0 heterocycles. The van der Waals surface area contributed by atoms with Gasteiger partial charge in [-0.05, 0) is 35.3 Å². The van der Waals surface area contributed by atoms with Crippen LogP contribution in [-0.2, 0) is 59.7 Å². The van der Waals surface area contributed by atoms with Crippen molar-refractivity contribution in [2.24, 2.45) is 5.90 Å². The third kappa shape index (κ3) is 15.5. The summed E-state index contributed by atoms with van der Waals surface area (Å²) < 4.78 is 4.63. The molecule has 0 aliphatic carbocycles. The molecule has 0 aromatic heterocycles. The van der Waals surface area contributed by atoms with E-state index in [0.717, 1.165) is 0 Å². The maximum atomic E-state index is 4.63. The molecule has 0 radical (unpaired) electrons. The van der Waals surface area contributed by atoms with Gasteiger partial charge >= 0.3 is 0 Å². The van der Waals surface area contributed by atoms with Crippen LogP contribution in [0.25, 0.3) is 0 Å². The Balaban J connectivity index is 2.86. The fourth-order valence-electron chi connectivity index (χ4n) is 0.396. The van der Waals surface area contributed by atoms with Crippen LogP contribution in [-0.4, -0.2) is 33.5 Å². The maximum absolute atomic E-state index is 4.63. The van der Waals surface area contributed by atoms with Gasteiger partial charge in [0.05, 0.1) is 6.61 Å². The molecule has 0 rings (SSSR count). The second-order valence-electron chi connectivity index (χ2n) is 2.03. The summed E-state index contributed by atoms with van der Waals surface area (Å²) >= 11 is 0. The van der Waals surface area contributed by atoms with Gasteiger partial charge < -0.3 is 4.74 Å². The smallest absolute Gasteiger partial charge is 0.112 e. The van der Waals surface area contributed by atoms with Crippen molar-refractivity contribution in [3.8, 4) is 0 Å². The monoisotopic (exact) mass is 279 g/mol. The van der Waals surface area contributed by atoms with Gasteiger partial charge in [-0.25, -0.2) is 14.7 Å². The second-order valence-corrected chi connectivity index (χ2v) is 2.03. The van der Waals surface area contributed by atoms with Gasteiger partial charge in [0.15, 0.2) is 0 Å². The average Bonchev–Trinajstić information content (AvgIpc) is 2.39. The molecule has 0 unspecified atom stereocenters. The standard InChI is InChI=1S/C5H13NO12/c1-7-2-3-8-13-17-18-14-10-5-4-9-12-16-15-11-6/h2-6H2,1H3. The lowest BCUT2D eigenvalue weighted by atomic mass is 10.8. The van der Waals surface area contributed by atoms with Gasteiger partial charge in [-0.15, -0.1) is 4.99 Å². The Labute approximate surface area is 100 Å². The molecule has 0 aromatic carbocycles. The Morgan fingerprint density at radius 2 is 1.06 bits per heavy atom. The van der Waals surface area contributed by atoms with Crippen LogP contribution in [0.4, 0.5) is 0 Å². The van der Waals surface area contributed by atoms with Crippen molar-refractivity contribution in [2.75, 3.05) is 33.5 Å². The number of hydrogen-bond donors (Lipinski definition) is 1. The molecule has 0 atom stereocenters. The Bertz CT molecular complexity index is 132. The Morgan fingerprint density at radius 1 is 0.611 bits per heavy atom. The molecule has 0 aliphatic heterocycles. The highest BCUT2D eigenvalue weighted by molar-refractivity contribution is 4.15. The van der Waals surface area contributed by atoms with E-state index in [1.807, 2.05) is 0 Å². The summed E-state index contributed by atoms with van der Waals surface area (Å²) in [5, 5.41) is 26.8. The maximum Gasteiger partial charge on any atom is 0.112 e. The molecule has 0 saturated carbocycles. The van der Waals surface area contributed by atoms with Crippen molar-refractivity contribution in [3.05, 3.63) is 0 Å². The molecule has 0 saturated heterocycles. The first kappa shape index (κ1) is 17.5. The fraction of sp³-hybridized carbons (Fsp3) is 1.00. The normalized spacial score (nSPS) is 11.0. The third-order valence-corrected chi connectivity index (χ3v) is 0.943. The van der Waals surface area contributed by atoms with Crippen molar-refractivity contribution in [3.63, 3.8) is 0 Å². The number of ether oxygens (including phenoxy) is 1. The van der Waals surface area contributed by atoms with E-state index in [2.05, 4.69) is 65.6 Å². The minimum atomic E-state index is -0.110. The molecule has 0 aliphatic rings. The number of nitrogens with two attached hydrogens (primary N) is 1. The van der Waals surface area contributed by atoms with Gasteiger partial charge in [0, 0.05) is 7.11 Å². The van der Waals surface area contributed by atoms with Crippen LogP contribution < -0.4 is 5.90 Å². The highest BCUT2D eigenvalue weighted by atomic mass is 17.8. The molecule has 0 aromatic rings. The highest BCUT2D eigenvalue weighted by Crippen LogP contribution is 1.88. The Morgan fingerprint density at radius 3 is 1.50 bits per heavy atom. The van der Waals surface area contributed by atoms with Crippen LogP contribution in [0.2, 0.25) is 0 Å². The number of hydrogen-bond acceptors (Lipinski definition) is 13. The molecule has 110 valence electrons. The summed E-state index contributed by atoms with van der Waals surface area (Å²) in [5.41, 5.74) is 0. The van der Waals surface area contributed by atoms with E-state index in [1.54, 1.807) is 0 Å². The zero-order chi connectivity index (χ0) is 13.3. The van der Waals surface area contributed by atoms with E-state index in [-0.39, 0.29) is 19.8 Å². The summed E-state index contributed by atoms with van der Waals surface area (Å²) in [4.78, 5) is 16.4. The second kappa shape index (κ2) is 16.5. The van der Waals surface area contributed by atoms with Crippen LogP contribution in [0.3, 0.4) is 0 Å². The number of methoxy groups -OCH3 is 1. The minimum absolute atomic E-state index is 0.109. The molecule has 0 bridgehead atoms. The van der Waals surface area contributed by atoms with Gasteiger partial charge in [-0.3, -0.25) is 0 Å². The number of rotatable bonds is 15. The Kier molecular flexibility index (Phi) is 16.0. The lowest BCUT2D eigenvalue weighted by Gasteiger charge is -2.01. The van der Waals surface area contributed by atoms with E-state index in [9.17, 15) is 0 Å². The van der Waals surface area contributed by atoms with Crippen molar-refractivity contribution < 1.29 is 59.7 Å². The molecule has 0 spiro atoms. The topological polar surface area (TPSA) is 137 Å². The average molecular weight is 279 g/mol. The predicted molar refractivity (Wildman–Crippen MR) is 42.6 cm³/mol. The summed E-state index contributed by atoms with van der Waals surface area (Å²) in [6.45, 7) is 0.239. The summed E-state index contributed by atoms with van der Waals surface area (Å²) in [5.74, 6) is 4.39. The van der Waals surface area contributed by atoms with Gasteiger partial charge in [0.2, 0.25) is 0 Å². The molecule has 13 heteroatoms. The Hall–Kier alpha value is -0.520. The SMILES string of the molecule is COCCOOOOOOCCOOOOON. The zero-order valence-corrected chi connectivity index (χ0v) is 9.30. The lowest BCUT2D eigenvalue weighted by molar-refractivity contribution is -0.758. The van der Waals surface area contributed by atoms with Gasteiger partial charge in [-0.2, -0.15) is 5.90 Å². The van der Waals surface area contributed by atoms with E-state index in [4.69, 9.17) is 0 Å². The first-order chi connectivity index (χ1) is 8.91. The lowest BCUT2D eigenvalue weighted by Crippen LogP contribution is -2.09. The van der Waals surface area contributed by atoms with Crippen molar-refractivity contribution in [1.82, 2.24) is 0 Å². The molecule has 13 nitrogen and oxygen atoms in total. The van der Waals surface area contributed by atoms with Crippen LogP contribution in [0, 0.1) is 0 Å². The largest absolute Gasteiger partial charge is 0.382 e. The zero-order valence-electron chi connectivity index (χ0n) is 9.30. The first-order valence-electron chi connectivity index (χ1n) is 4.30. The molecular weight excluding hydrogens is 266 g/mol. The van der Waals surface area contributed by atoms with Gasteiger partial charge in [0.25, 0.3) is 0 Å². The van der Waals surface area contributed by atoms with Crippen molar-refractivity contribution >= 4 is 0 Å². The van der Waals surface area contributed by atoms with Crippen LogP contribution in [0.15, 0.2) is 0 Å². The third-order valence-electron chi connectivity index (χ3n) is 0.943.